The van der Waals surface area contributed by atoms with Crippen LogP contribution in [0.2, 0.25) is 0 Å². The highest BCUT2D eigenvalue weighted by Crippen LogP contribution is 2.34. The molecule has 0 bridgehead atoms. The van der Waals surface area contributed by atoms with Crippen LogP contribution in [0, 0.1) is 17.8 Å². The first-order valence-electron chi connectivity index (χ1n) is 8.05. The Bertz CT molecular complexity index is 200. The highest BCUT2D eigenvalue weighted by atomic mass is 14.6. The van der Waals surface area contributed by atoms with E-state index in [9.17, 15) is 0 Å². The van der Waals surface area contributed by atoms with Gasteiger partial charge >= 0.3 is 0 Å². The molecule has 0 spiro atoms. The highest BCUT2D eigenvalue weighted by Gasteiger charge is 2.25. The summed E-state index contributed by atoms with van der Waals surface area (Å²) < 4.78 is 0. The average Bonchev–Trinajstić information content (AvgIpc) is 2.89. The van der Waals surface area contributed by atoms with E-state index in [1.165, 1.54) is 70.6 Å². The fraction of sp³-hybridized carbons (Fsp3) is 1.00. The zero-order valence-electron chi connectivity index (χ0n) is 11.7. The minimum absolute atomic E-state index is 0.508. The van der Waals surface area contributed by atoms with Gasteiger partial charge in [-0.3, -0.25) is 0 Å². The Balaban J connectivity index is 1.64. The standard InChI is InChI=1S/C16H31N/c1-2-13-7-10-15(11-8-13)16(17)12-9-14-5-3-4-6-14/h13-16H,2-12,17H2,1H3. The lowest BCUT2D eigenvalue weighted by Gasteiger charge is -2.32. The molecule has 0 aromatic heterocycles. The average molecular weight is 237 g/mol. The van der Waals surface area contributed by atoms with Crippen molar-refractivity contribution < 1.29 is 0 Å². The maximum absolute atomic E-state index is 6.41. The summed E-state index contributed by atoms with van der Waals surface area (Å²) >= 11 is 0. The summed E-state index contributed by atoms with van der Waals surface area (Å²) in [7, 11) is 0. The number of hydrogen-bond donors (Lipinski definition) is 1. The summed E-state index contributed by atoms with van der Waals surface area (Å²) in [6.07, 6.45) is 15.7. The summed E-state index contributed by atoms with van der Waals surface area (Å²) in [4.78, 5) is 0. The van der Waals surface area contributed by atoms with Gasteiger partial charge in [0.1, 0.15) is 0 Å². The van der Waals surface area contributed by atoms with E-state index in [1.54, 1.807) is 0 Å². The van der Waals surface area contributed by atoms with Gasteiger partial charge in [-0.2, -0.15) is 0 Å². The Morgan fingerprint density at radius 3 is 2.18 bits per heavy atom. The van der Waals surface area contributed by atoms with E-state index in [4.69, 9.17) is 5.73 Å². The van der Waals surface area contributed by atoms with Crippen molar-refractivity contribution in [1.29, 1.82) is 0 Å². The van der Waals surface area contributed by atoms with E-state index in [0.29, 0.717) is 6.04 Å². The van der Waals surface area contributed by atoms with Crippen LogP contribution in [0.3, 0.4) is 0 Å². The van der Waals surface area contributed by atoms with Gasteiger partial charge in [-0.1, -0.05) is 51.9 Å². The second-order valence-electron chi connectivity index (χ2n) is 6.58. The van der Waals surface area contributed by atoms with E-state index in [1.807, 2.05) is 0 Å². The van der Waals surface area contributed by atoms with Crippen LogP contribution < -0.4 is 5.73 Å². The Labute approximate surface area is 108 Å². The first kappa shape index (κ1) is 13.4. The molecule has 0 amide bonds. The van der Waals surface area contributed by atoms with Crippen LogP contribution in [-0.2, 0) is 0 Å². The van der Waals surface area contributed by atoms with Crippen LogP contribution in [0.1, 0.15) is 77.6 Å². The Kier molecular flexibility index (Phi) is 5.34. The molecule has 17 heavy (non-hydrogen) atoms. The Morgan fingerprint density at radius 1 is 0.941 bits per heavy atom. The second-order valence-corrected chi connectivity index (χ2v) is 6.58. The molecular weight excluding hydrogens is 206 g/mol. The third kappa shape index (κ3) is 3.98. The molecule has 1 heteroatoms. The highest BCUT2D eigenvalue weighted by molar-refractivity contribution is 4.80. The van der Waals surface area contributed by atoms with Gasteiger partial charge in [0.2, 0.25) is 0 Å². The van der Waals surface area contributed by atoms with E-state index in [-0.39, 0.29) is 0 Å². The molecule has 1 nitrogen and oxygen atoms in total. The predicted molar refractivity (Wildman–Crippen MR) is 74.9 cm³/mol. The minimum atomic E-state index is 0.508. The molecule has 0 saturated heterocycles. The topological polar surface area (TPSA) is 26.0 Å². The number of hydrogen-bond acceptors (Lipinski definition) is 1. The van der Waals surface area contributed by atoms with Crippen LogP contribution >= 0.6 is 0 Å². The van der Waals surface area contributed by atoms with Crippen LogP contribution in [0.25, 0.3) is 0 Å². The van der Waals surface area contributed by atoms with Crippen molar-refractivity contribution in [3.05, 3.63) is 0 Å². The zero-order valence-corrected chi connectivity index (χ0v) is 11.7. The molecule has 0 aliphatic heterocycles. The van der Waals surface area contributed by atoms with Gasteiger partial charge in [-0.25, -0.2) is 0 Å². The van der Waals surface area contributed by atoms with Crippen molar-refractivity contribution >= 4 is 0 Å². The van der Waals surface area contributed by atoms with Crippen molar-refractivity contribution in [2.75, 3.05) is 0 Å². The molecule has 2 N–H and O–H groups in total. The van der Waals surface area contributed by atoms with Crippen molar-refractivity contribution in [2.45, 2.75) is 83.6 Å². The zero-order chi connectivity index (χ0) is 12.1. The van der Waals surface area contributed by atoms with E-state index in [2.05, 4.69) is 6.92 Å². The molecule has 0 aromatic carbocycles. The number of rotatable bonds is 5. The van der Waals surface area contributed by atoms with Crippen molar-refractivity contribution in [3.8, 4) is 0 Å². The first-order valence-corrected chi connectivity index (χ1v) is 8.05. The molecule has 2 saturated carbocycles. The van der Waals surface area contributed by atoms with Crippen molar-refractivity contribution in [3.63, 3.8) is 0 Å². The third-order valence-electron chi connectivity index (χ3n) is 5.46. The molecule has 2 aliphatic carbocycles. The molecule has 0 aromatic rings. The Morgan fingerprint density at radius 2 is 1.59 bits per heavy atom. The van der Waals surface area contributed by atoms with Gasteiger partial charge in [0.25, 0.3) is 0 Å². The number of nitrogens with two attached hydrogens (primary N) is 1. The van der Waals surface area contributed by atoms with Crippen LogP contribution in [-0.4, -0.2) is 6.04 Å². The van der Waals surface area contributed by atoms with Gasteiger partial charge in [-0.15, -0.1) is 0 Å². The molecule has 2 rings (SSSR count). The minimum Gasteiger partial charge on any atom is -0.327 e. The van der Waals surface area contributed by atoms with Crippen LogP contribution in [0.4, 0.5) is 0 Å². The molecule has 0 radical (unpaired) electrons. The van der Waals surface area contributed by atoms with Gasteiger partial charge in [0, 0.05) is 6.04 Å². The lowest BCUT2D eigenvalue weighted by molar-refractivity contribution is 0.227. The van der Waals surface area contributed by atoms with E-state index < -0.39 is 0 Å². The smallest absolute Gasteiger partial charge is 0.00672 e. The fourth-order valence-electron chi connectivity index (χ4n) is 3.99. The maximum atomic E-state index is 6.41. The molecule has 2 aliphatic rings. The summed E-state index contributed by atoms with van der Waals surface area (Å²) in [5, 5.41) is 0. The largest absolute Gasteiger partial charge is 0.327 e. The quantitative estimate of drug-likeness (QED) is 0.748. The van der Waals surface area contributed by atoms with Gasteiger partial charge < -0.3 is 5.73 Å². The lowest BCUT2D eigenvalue weighted by Crippen LogP contribution is -2.33. The Hall–Kier alpha value is -0.0400. The summed E-state index contributed by atoms with van der Waals surface area (Å²) in [5.41, 5.74) is 6.41. The van der Waals surface area contributed by atoms with Gasteiger partial charge in [-0.05, 0) is 43.4 Å². The molecular formula is C16H31N. The molecule has 100 valence electrons. The maximum Gasteiger partial charge on any atom is 0.00672 e. The summed E-state index contributed by atoms with van der Waals surface area (Å²) in [5.74, 6) is 2.88. The summed E-state index contributed by atoms with van der Waals surface area (Å²) in [6, 6.07) is 0.508. The molecule has 1 atom stereocenters. The van der Waals surface area contributed by atoms with Crippen molar-refractivity contribution in [1.82, 2.24) is 0 Å². The second kappa shape index (κ2) is 6.78. The van der Waals surface area contributed by atoms with Crippen LogP contribution in [0.15, 0.2) is 0 Å². The lowest BCUT2D eigenvalue weighted by atomic mass is 9.76. The molecule has 0 heterocycles. The van der Waals surface area contributed by atoms with E-state index >= 15 is 0 Å². The van der Waals surface area contributed by atoms with Crippen LogP contribution in [0.5, 0.6) is 0 Å². The monoisotopic (exact) mass is 237 g/mol. The van der Waals surface area contributed by atoms with E-state index in [0.717, 1.165) is 17.8 Å². The van der Waals surface area contributed by atoms with Gasteiger partial charge in [0.15, 0.2) is 0 Å². The molecule has 1 unspecified atom stereocenters. The van der Waals surface area contributed by atoms with Crippen molar-refractivity contribution in [2.24, 2.45) is 23.5 Å². The third-order valence-corrected chi connectivity index (χ3v) is 5.46. The molecule has 2 fully saturated rings. The normalized spacial score (nSPS) is 32.8. The SMILES string of the molecule is CCC1CCC(C(N)CCC2CCCC2)CC1. The first-order chi connectivity index (χ1) is 8.29. The van der Waals surface area contributed by atoms with Gasteiger partial charge in [0.05, 0.1) is 0 Å². The fourth-order valence-corrected chi connectivity index (χ4v) is 3.99. The predicted octanol–water partition coefficient (Wildman–Crippen LogP) is 4.50. The summed E-state index contributed by atoms with van der Waals surface area (Å²) in [6.45, 7) is 2.34.